The Kier molecular flexibility index (Phi) is 5.73. The van der Waals surface area contributed by atoms with Crippen LogP contribution in [0.4, 0.5) is 4.39 Å². The maximum Gasteiger partial charge on any atom is 0.248 e. The lowest BCUT2D eigenvalue weighted by molar-refractivity contribution is 0.437. The van der Waals surface area contributed by atoms with Crippen LogP contribution in [0.1, 0.15) is 21.9 Å². The van der Waals surface area contributed by atoms with Crippen molar-refractivity contribution in [3.8, 4) is 29.0 Å². The van der Waals surface area contributed by atoms with Crippen molar-refractivity contribution in [2.24, 2.45) is 0 Å². The highest BCUT2D eigenvalue weighted by atomic mass is 35.5. The lowest BCUT2D eigenvalue weighted by Crippen LogP contribution is -1.98. The van der Waals surface area contributed by atoms with Gasteiger partial charge in [-0.3, -0.25) is 0 Å². The molecule has 0 atom stereocenters. The van der Waals surface area contributed by atoms with Crippen LogP contribution in [0.2, 0.25) is 10.0 Å². The fourth-order valence-corrected chi connectivity index (χ4v) is 3.91. The number of aryl methyl sites for hydroxylation is 1. The van der Waals surface area contributed by atoms with Crippen molar-refractivity contribution in [3.05, 3.63) is 79.5 Å². The highest BCUT2D eigenvalue weighted by Gasteiger charge is 2.19. The van der Waals surface area contributed by atoms with Crippen molar-refractivity contribution in [2.75, 3.05) is 0 Å². The molecule has 0 amide bonds. The monoisotopic (exact) mass is 459 g/mol. The molecule has 0 spiro atoms. The number of nitriles is 1. The van der Waals surface area contributed by atoms with E-state index in [0.29, 0.717) is 10.9 Å². The molecule has 9 heteroatoms. The molecule has 4 rings (SSSR count). The number of hydrogen-bond acceptors (Lipinski definition) is 6. The SMILES string of the molecule is Cc1sccc1-c1nnc(Cc2ccc(Cl)c(Oc3cc(Cl)cc(C#N)c3)c2F)o1. The third-order valence-electron chi connectivity index (χ3n) is 4.25. The highest BCUT2D eigenvalue weighted by molar-refractivity contribution is 7.10. The molecule has 0 saturated heterocycles. The largest absolute Gasteiger partial charge is 0.453 e. The van der Waals surface area contributed by atoms with Crippen LogP contribution in [0.25, 0.3) is 11.5 Å². The standard InChI is InChI=1S/C21H12Cl2FN3O2S/c1-11-16(4-5-30-11)21-27-26-18(29-21)8-13-2-3-17(23)20(19(13)24)28-15-7-12(10-25)6-14(22)9-15/h2-7,9H,8H2,1H3. The van der Waals surface area contributed by atoms with Crippen molar-refractivity contribution in [1.82, 2.24) is 10.2 Å². The van der Waals surface area contributed by atoms with E-state index < -0.39 is 5.82 Å². The quantitative estimate of drug-likeness (QED) is 0.327. The molecule has 30 heavy (non-hydrogen) atoms. The van der Waals surface area contributed by atoms with Gasteiger partial charge in [0.1, 0.15) is 5.75 Å². The Morgan fingerprint density at radius 1 is 1.20 bits per heavy atom. The van der Waals surface area contributed by atoms with E-state index in [1.54, 1.807) is 11.3 Å². The Bertz CT molecular complexity index is 1280. The summed E-state index contributed by atoms with van der Waals surface area (Å²) >= 11 is 13.7. The van der Waals surface area contributed by atoms with Gasteiger partial charge in [-0.15, -0.1) is 21.5 Å². The molecule has 2 aromatic carbocycles. The molecule has 0 aliphatic rings. The van der Waals surface area contributed by atoms with Gasteiger partial charge in [-0.05, 0) is 42.6 Å². The van der Waals surface area contributed by atoms with E-state index >= 15 is 4.39 Å². The van der Waals surface area contributed by atoms with Crippen LogP contribution in [0.15, 0.2) is 46.2 Å². The number of ether oxygens (including phenoxy) is 1. The molecule has 4 aromatic rings. The lowest BCUT2D eigenvalue weighted by atomic mass is 10.1. The molecule has 5 nitrogen and oxygen atoms in total. The summed E-state index contributed by atoms with van der Waals surface area (Å²) in [4.78, 5) is 1.05. The minimum atomic E-state index is -0.660. The topological polar surface area (TPSA) is 71.9 Å². The minimum absolute atomic E-state index is 0.0640. The van der Waals surface area contributed by atoms with Crippen LogP contribution in [0, 0.1) is 24.1 Å². The molecule has 150 valence electrons. The van der Waals surface area contributed by atoms with Crippen molar-refractivity contribution in [1.29, 1.82) is 5.26 Å². The maximum absolute atomic E-state index is 15.1. The van der Waals surface area contributed by atoms with Gasteiger partial charge in [0.15, 0.2) is 11.6 Å². The van der Waals surface area contributed by atoms with E-state index in [-0.39, 0.29) is 40.0 Å². The zero-order chi connectivity index (χ0) is 21.3. The Hall–Kier alpha value is -2.92. The third kappa shape index (κ3) is 4.17. The third-order valence-corrected chi connectivity index (χ3v) is 5.61. The van der Waals surface area contributed by atoms with Gasteiger partial charge in [-0.2, -0.15) is 5.26 Å². The molecule has 0 unspecified atom stereocenters. The van der Waals surface area contributed by atoms with E-state index in [9.17, 15) is 0 Å². The van der Waals surface area contributed by atoms with Crippen LogP contribution in [-0.4, -0.2) is 10.2 Å². The maximum atomic E-state index is 15.1. The van der Waals surface area contributed by atoms with E-state index in [0.717, 1.165) is 10.4 Å². The van der Waals surface area contributed by atoms with Gasteiger partial charge >= 0.3 is 0 Å². The summed E-state index contributed by atoms with van der Waals surface area (Å²) in [6, 6.07) is 11.3. The van der Waals surface area contributed by atoms with E-state index in [1.165, 1.54) is 30.3 Å². The predicted molar refractivity (Wildman–Crippen MR) is 113 cm³/mol. The van der Waals surface area contributed by atoms with Crippen molar-refractivity contribution < 1.29 is 13.5 Å². The highest BCUT2D eigenvalue weighted by Crippen LogP contribution is 2.36. The summed E-state index contributed by atoms with van der Waals surface area (Å²) in [5.41, 5.74) is 1.41. The van der Waals surface area contributed by atoms with Gasteiger partial charge in [0.25, 0.3) is 0 Å². The van der Waals surface area contributed by atoms with Crippen LogP contribution < -0.4 is 4.74 Å². The minimum Gasteiger partial charge on any atom is -0.453 e. The summed E-state index contributed by atoms with van der Waals surface area (Å²) in [5, 5.41) is 19.4. The molecule has 0 aliphatic heterocycles. The molecule has 2 aromatic heterocycles. The van der Waals surface area contributed by atoms with Crippen LogP contribution in [0.5, 0.6) is 11.5 Å². The second kappa shape index (κ2) is 8.44. The van der Waals surface area contributed by atoms with E-state index in [1.807, 2.05) is 24.4 Å². The van der Waals surface area contributed by atoms with E-state index in [4.69, 9.17) is 37.6 Å². The summed E-state index contributed by atoms with van der Waals surface area (Å²) < 4.78 is 26.4. The number of rotatable bonds is 5. The van der Waals surface area contributed by atoms with E-state index in [2.05, 4.69) is 10.2 Å². The molecule has 0 bridgehead atoms. The number of aromatic nitrogens is 2. The van der Waals surface area contributed by atoms with Crippen LogP contribution >= 0.6 is 34.5 Å². The van der Waals surface area contributed by atoms with Crippen molar-refractivity contribution in [3.63, 3.8) is 0 Å². The zero-order valence-electron chi connectivity index (χ0n) is 15.4. The second-order valence-electron chi connectivity index (χ2n) is 6.31. The predicted octanol–water partition coefficient (Wildman–Crippen LogP) is 6.81. The number of halogens is 3. The number of benzene rings is 2. The number of hydrogen-bond donors (Lipinski definition) is 0. The number of thiophene rings is 1. The van der Waals surface area contributed by atoms with Crippen LogP contribution in [0.3, 0.4) is 0 Å². The van der Waals surface area contributed by atoms with Gasteiger partial charge in [-0.25, -0.2) is 4.39 Å². The van der Waals surface area contributed by atoms with Gasteiger partial charge in [0.05, 0.1) is 28.6 Å². The van der Waals surface area contributed by atoms with Gasteiger partial charge in [0, 0.05) is 15.5 Å². The second-order valence-corrected chi connectivity index (χ2v) is 8.27. The zero-order valence-corrected chi connectivity index (χ0v) is 17.8. The first kappa shape index (κ1) is 20.4. The first-order chi connectivity index (χ1) is 14.4. The van der Waals surface area contributed by atoms with Gasteiger partial charge < -0.3 is 9.15 Å². The Morgan fingerprint density at radius 2 is 2.03 bits per heavy atom. The van der Waals surface area contributed by atoms with Crippen molar-refractivity contribution in [2.45, 2.75) is 13.3 Å². The molecule has 0 radical (unpaired) electrons. The summed E-state index contributed by atoms with van der Waals surface area (Å²) in [7, 11) is 0. The average molecular weight is 460 g/mol. The average Bonchev–Trinajstić information content (AvgIpc) is 3.35. The fraction of sp³-hybridized carbons (Fsp3) is 0.0952. The molecule has 0 saturated carbocycles. The summed E-state index contributed by atoms with van der Waals surface area (Å²) in [6.45, 7) is 1.96. The lowest BCUT2D eigenvalue weighted by Gasteiger charge is -2.11. The molecule has 0 fully saturated rings. The first-order valence-corrected chi connectivity index (χ1v) is 10.3. The summed E-state index contributed by atoms with van der Waals surface area (Å²) in [6.07, 6.45) is 0.0640. The molecular weight excluding hydrogens is 448 g/mol. The molecule has 0 aliphatic carbocycles. The Balaban J connectivity index is 1.62. The number of nitrogens with zero attached hydrogens (tertiary/aromatic N) is 3. The van der Waals surface area contributed by atoms with Gasteiger partial charge in [0.2, 0.25) is 11.8 Å². The smallest absolute Gasteiger partial charge is 0.248 e. The fourth-order valence-electron chi connectivity index (χ4n) is 2.81. The normalized spacial score (nSPS) is 10.8. The summed E-state index contributed by atoms with van der Waals surface area (Å²) in [5.74, 6) is 0.0149. The molecule has 2 heterocycles. The van der Waals surface area contributed by atoms with Gasteiger partial charge in [-0.1, -0.05) is 29.3 Å². The molecular formula is C21H12Cl2FN3O2S. The Morgan fingerprint density at radius 3 is 2.77 bits per heavy atom. The first-order valence-electron chi connectivity index (χ1n) is 8.67. The Labute approximate surface area is 185 Å². The van der Waals surface area contributed by atoms with Crippen LogP contribution in [-0.2, 0) is 6.42 Å². The van der Waals surface area contributed by atoms with Crippen molar-refractivity contribution >= 4 is 34.5 Å². The molecule has 0 N–H and O–H groups in total.